The van der Waals surface area contributed by atoms with Gasteiger partial charge in [0.25, 0.3) is 0 Å². The summed E-state index contributed by atoms with van der Waals surface area (Å²) in [5.74, 6) is -0.0318. The number of rotatable bonds is 8. The smallest absolute Gasteiger partial charge is 0.217 e. The number of alkyl halides is 1. The Kier molecular flexibility index (Phi) is 8.42. The van der Waals surface area contributed by atoms with Crippen molar-refractivity contribution in [3.63, 3.8) is 0 Å². The molecule has 8 nitrogen and oxygen atoms in total. The number of aliphatic hydroxyl groups is 3. The zero-order valence-electron chi connectivity index (χ0n) is 11.8. The first-order valence-corrected chi connectivity index (χ1v) is 7.19. The molecule has 0 radical (unpaired) electrons. The minimum absolute atomic E-state index is 0.151. The topological polar surface area (TPSA) is 117 Å². The van der Waals surface area contributed by atoms with Crippen LogP contribution in [0, 0.1) is 0 Å². The highest BCUT2D eigenvalue weighted by Crippen LogP contribution is 2.22. The molecule has 124 valence electrons. The summed E-state index contributed by atoms with van der Waals surface area (Å²) in [5, 5.41) is 31.4. The Hall–Kier alpha value is -0.480. The first kappa shape index (κ1) is 18.6. The maximum atomic E-state index is 11.2. The Morgan fingerprint density at radius 3 is 2.57 bits per heavy atom. The molecule has 0 aromatic heterocycles. The van der Waals surface area contributed by atoms with Crippen LogP contribution in [0.4, 0.5) is 0 Å². The van der Waals surface area contributed by atoms with Gasteiger partial charge in [-0.1, -0.05) is 0 Å². The largest absolute Gasteiger partial charge is 0.394 e. The normalized spacial score (nSPS) is 32.9. The van der Waals surface area contributed by atoms with Crippen LogP contribution < -0.4 is 5.32 Å². The number of ether oxygens (including phenoxy) is 3. The average molecular weight is 328 g/mol. The molecule has 0 saturated carbocycles. The number of amides is 1. The minimum Gasteiger partial charge on any atom is -0.394 e. The Balaban J connectivity index is 2.58. The molecule has 5 atom stereocenters. The van der Waals surface area contributed by atoms with E-state index in [1.807, 2.05) is 0 Å². The molecular formula is C12H22ClNO7. The van der Waals surface area contributed by atoms with E-state index in [0.29, 0.717) is 12.5 Å². The molecule has 1 heterocycles. The quantitative estimate of drug-likeness (QED) is 0.307. The van der Waals surface area contributed by atoms with E-state index in [2.05, 4.69) is 5.32 Å². The number of halogens is 1. The van der Waals surface area contributed by atoms with Gasteiger partial charge in [0, 0.05) is 12.8 Å². The molecule has 0 unspecified atom stereocenters. The molecule has 0 aliphatic carbocycles. The van der Waals surface area contributed by atoms with Crippen LogP contribution in [0.2, 0.25) is 0 Å². The fourth-order valence-corrected chi connectivity index (χ4v) is 2.10. The van der Waals surface area contributed by atoms with E-state index >= 15 is 0 Å². The van der Waals surface area contributed by atoms with Gasteiger partial charge in [-0.2, -0.15) is 0 Å². The lowest BCUT2D eigenvalue weighted by Crippen LogP contribution is -2.64. The SMILES string of the molecule is CC(=O)N[C@@H]1[C@H](OCCOCCCl)O[C@H](CO)[C@@H](O)[C@H]1O. The molecular weight excluding hydrogens is 306 g/mol. The van der Waals surface area contributed by atoms with E-state index in [4.69, 9.17) is 30.9 Å². The number of aliphatic hydroxyl groups excluding tert-OH is 3. The number of hydrogen-bond donors (Lipinski definition) is 4. The van der Waals surface area contributed by atoms with Gasteiger partial charge in [0.05, 0.1) is 26.4 Å². The fourth-order valence-electron chi connectivity index (χ4n) is 1.99. The van der Waals surface area contributed by atoms with Crippen molar-refractivity contribution in [2.75, 3.05) is 32.3 Å². The van der Waals surface area contributed by atoms with Crippen molar-refractivity contribution in [3.05, 3.63) is 0 Å². The van der Waals surface area contributed by atoms with Gasteiger partial charge in [0.15, 0.2) is 6.29 Å². The lowest BCUT2D eigenvalue weighted by atomic mass is 9.97. The Bertz CT molecular complexity index is 320. The summed E-state index contributed by atoms with van der Waals surface area (Å²) in [6, 6.07) is -0.937. The van der Waals surface area contributed by atoms with E-state index in [1.54, 1.807) is 0 Å². The third-order valence-corrected chi connectivity index (χ3v) is 3.14. The summed E-state index contributed by atoms with van der Waals surface area (Å²) in [5.41, 5.74) is 0. The third kappa shape index (κ3) is 5.67. The fraction of sp³-hybridized carbons (Fsp3) is 0.917. The monoisotopic (exact) mass is 327 g/mol. The molecule has 0 aromatic carbocycles. The van der Waals surface area contributed by atoms with Crippen LogP contribution in [-0.4, -0.2) is 84.2 Å². The molecule has 4 N–H and O–H groups in total. The van der Waals surface area contributed by atoms with Gasteiger partial charge < -0.3 is 34.8 Å². The Morgan fingerprint density at radius 2 is 2.00 bits per heavy atom. The maximum Gasteiger partial charge on any atom is 0.217 e. The van der Waals surface area contributed by atoms with Crippen LogP contribution >= 0.6 is 11.6 Å². The molecule has 1 aliphatic heterocycles. The number of carbonyl (C=O) groups excluding carboxylic acids is 1. The zero-order valence-corrected chi connectivity index (χ0v) is 12.5. The van der Waals surface area contributed by atoms with Crippen LogP contribution in [0.5, 0.6) is 0 Å². The molecule has 0 spiro atoms. The summed E-state index contributed by atoms with van der Waals surface area (Å²) in [6.07, 6.45) is -4.62. The maximum absolute atomic E-state index is 11.2. The summed E-state index contributed by atoms with van der Waals surface area (Å²) < 4.78 is 15.9. The predicted molar refractivity (Wildman–Crippen MR) is 72.9 cm³/mol. The second kappa shape index (κ2) is 9.52. The van der Waals surface area contributed by atoms with Crippen molar-refractivity contribution in [2.24, 2.45) is 0 Å². The molecule has 0 bridgehead atoms. The molecule has 1 fully saturated rings. The lowest BCUT2D eigenvalue weighted by molar-refractivity contribution is -0.271. The molecule has 21 heavy (non-hydrogen) atoms. The van der Waals surface area contributed by atoms with Crippen LogP contribution in [0.25, 0.3) is 0 Å². The highest BCUT2D eigenvalue weighted by Gasteiger charge is 2.45. The minimum atomic E-state index is -1.32. The summed E-state index contributed by atoms with van der Waals surface area (Å²) >= 11 is 5.46. The molecule has 1 amide bonds. The van der Waals surface area contributed by atoms with Gasteiger partial charge in [0.1, 0.15) is 24.4 Å². The highest BCUT2D eigenvalue weighted by atomic mass is 35.5. The molecule has 1 aliphatic rings. The number of carbonyl (C=O) groups is 1. The van der Waals surface area contributed by atoms with Gasteiger partial charge in [-0.3, -0.25) is 4.79 Å². The van der Waals surface area contributed by atoms with Crippen molar-refractivity contribution >= 4 is 17.5 Å². The van der Waals surface area contributed by atoms with Crippen LogP contribution in [0.15, 0.2) is 0 Å². The van der Waals surface area contributed by atoms with Crippen LogP contribution in [0.1, 0.15) is 6.92 Å². The highest BCUT2D eigenvalue weighted by molar-refractivity contribution is 6.17. The van der Waals surface area contributed by atoms with Crippen molar-refractivity contribution in [1.82, 2.24) is 5.32 Å². The average Bonchev–Trinajstić information content (AvgIpc) is 2.45. The van der Waals surface area contributed by atoms with Crippen LogP contribution in [0.3, 0.4) is 0 Å². The van der Waals surface area contributed by atoms with E-state index in [9.17, 15) is 15.0 Å². The number of nitrogens with one attached hydrogen (secondary N) is 1. The van der Waals surface area contributed by atoms with E-state index in [1.165, 1.54) is 6.92 Å². The standard InChI is InChI=1S/C12H22ClNO7/c1-7(16)14-9-11(18)10(17)8(6-15)21-12(9)20-5-4-19-3-2-13/h8-12,15,17-18H,2-6H2,1H3,(H,14,16)/t8-,9+,10-,11+,12-/m1/s1. The van der Waals surface area contributed by atoms with Gasteiger partial charge in [0.2, 0.25) is 5.91 Å². The first-order chi connectivity index (χ1) is 10.0. The van der Waals surface area contributed by atoms with Gasteiger partial charge in [-0.15, -0.1) is 11.6 Å². The summed E-state index contributed by atoms with van der Waals surface area (Å²) in [7, 11) is 0. The third-order valence-electron chi connectivity index (χ3n) is 2.98. The Morgan fingerprint density at radius 1 is 1.29 bits per heavy atom. The van der Waals surface area contributed by atoms with Crippen molar-refractivity contribution < 1.29 is 34.3 Å². The summed E-state index contributed by atoms with van der Waals surface area (Å²) in [6.45, 7) is 1.60. The molecule has 1 saturated heterocycles. The zero-order chi connectivity index (χ0) is 15.8. The second-order valence-corrected chi connectivity index (χ2v) is 4.98. The van der Waals surface area contributed by atoms with Gasteiger partial charge >= 0.3 is 0 Å². The first-order valence-electron chi connectivity index (χ1n) is 6.66. The van der Waals surface area contributed by atoms with Crippen LogP contribution in [-0.2, 0) is 19.0 Å². The van der Waals surface area contributed by atoms with E-state index in [-0.39, 0.29) is 13.2 Å². The molecule has 1 rings (SSSR count). The predicted octanol–water partition coefficient (Wildman–Crippen LogP) is -1.80. The van der Waals surface area contributed by atoms with Crippen molar-refractivity contribution in [1.29, 1.82) is 0 Å². The van der Waals surface area contributed by atoms with Crippen molar-refractivity contribution in [3.8, 4) is 0 Å². The van der Waals surface area contributed by atoms with Gasteiger partial charge in [-0.25, -0.2) is 0 Å². The molecule has 9 heteroatoms. The van der Waals surface area contributed by atoms with Crippen molar-refractivity contribution in [2.45, 2.75) is 37.6 Å². The second-order valence-electron chi connectivity index (χ2n) is 4.61. The lowest BCUT2D eigenvalue weighted by Gasteiger charge is -2.42. The van der Waals surface area contributed by atoms with Gasteiger partial charge in [-0.05, 0) is 0 Å². The Labute approximate surface area is 127 Å². The number of hydrogen-bond acceptors (Lipinski definition) is 7. The summed E-state index contributed by atoms with van der Waals surface area (Å²) in [4.78, 5) is 11.2. The van der Waals surface area contributed by atoms with E-state index in [0.717, 1.165) is 0 Å². The van der Waals surface area contributed by atoms with E-state index < -0.39 is 43.2 Å². The molecule has 0 aromatic rings.